The van der Waals surface area contributed by atoms with E-state index in [1.165, 1.54) is 12.1 Å². The van der Waals surface area contributed by atoms with Gasteiger partial charge in [-0.25, -0.2) is 17.5 Å². The van der Waals surface area contributed by atoms with E-state index in [9.17, 15) is 12.8 Å². The first-order valence-corrected chi connectivity index (χ1v) is 7.73. The zero-order chi connectivity index (χ0) is 14.6. The molecule has 0 fully saturated rings. The molecule has 1 aromatic carbocycles. The number of hydrogen-bond acceptors (Lipinski definition) is 3. The van der Waals surface area contributed by atoms with Gasteiger partial charge in [-0.15, -0.1) is 0 Å². The lowest BCUT2D eigenvalue weighted by atomic mass is 10.3. The van der Waals surface area contributed by atoms with E-state index in [4.69, 9.17) is 4.74 Å². The summed E-state index contributed by atoms with van der Waals surface area (Å²) in [5.41, 5.74) is 0. The quantitative estimate of drug-likeness (QED) is 0.876. The lowest BCUT2D eigenvalue weighted by Gasteiger charge is -2.14. The Morgan fingerprint density at radius 3 is 2.42 bits per heavy atom. The Labute approximate surface area is 114 Å². The second-order valence-corrected chi connectivity index (χ2v) is 6.40. The molecule has 0 saturated heterocycles. The molecule has 4 nitrogen and oxygen atoms in total. The molecule has 19 heavy (non-hydrogen) atoms. The third-order valence-corrected chi connectivity index (χ3v) is 4.13. The Morgan fingerprint density at radius 2 is 1.95 bits per heavy atom. The number of sulfonamides is 1. The zero-order valence-corrected chi connectivity index (χ0v) is 12.4. The van der Waals surface area contributed by atoms with E-state index < -0.39 is 15.8 Å². The highest BCUT2D eigenvalue weighted by atomic mass is 32.2. The molecule has 0 heterocycles. The number of halogens is 1. The highest BCUT2D eigenvalue weighted by molar-refractivity contribution is 7.89. The molecule has 0 saturated carbocycles. The molecule has 0 radical (unpaired) electrons. The average Bonchev–Trinajstić information content (AvgIpc) is 2.30. The van der Waals surface area contributed by atoms with Crippen molar-refractivity contribution in [2.45, 2.75) is 51.2 Å². The minimum atomic E-state index is -3.68. The van der Waals surface area contributed by atoms with Gasteiger partial charge < -0.3 is 4.74 Å². The molecule has 0 spiro atoms. The summed E-state index contributed by atoms with van der Waals surface area (Å²) in [4.78, 5) is -0.0959. The molecule has 0 aliphatic carbocycles. The van der Waals surface area contributed by atoms with Gasteiger partial charge in [-0.3, -0.25) is 0 Å². The van der Waals surface area contributed by atoms with Crippen molar-refractivity contribution in [1.82, 2.24) is 4.72 Å². The van der Waals surface area contributed by atoms with Crippen molar-refractivity contribution in [2.75, 3.05) is 0 Å². The van der Waals surface area contributed by atoms with Crippen LogP contribution in [0.25, 0.3) is 0 Å². The Hall–Kier alpha value is -1.14. The molecule has 1 aromatic rings. The van der Waals surface area contributed by atoms with Gasteiger partial charge in [-0.1, -0.05) is 6.92 Å². The summed E-state index contributed by atoms with van der Waals surface area (Å²) >= 11 is 0. The van der Waals surface area contributed by atoms with Crippen LogP contribution >= 0.6 is 0 Å². The van der Waals surface area contributed by atoms with Crippen LogP contribution in [-0.2, 0) is 10.0 Å². The van der Waals surface area contributed by atoms with Gasteiger partial charge in [0.25, 0.3) is 0 Å². The fraction of sp³-hybridized carbons (Fsp3) is 0.538. The molecular weight excluding hydrogens is 269 g/mol. The van der Waals surface area contributed by atoms with Crippen LogP contribution in [0, 0.1) is 5.82 Å². The van der Waals surface area contributed by atoms with Gasteiger partial charge in [-0.05, 0) is 45.4 Å². The van der Waals surface area contributed by atoms with Crippen molar-refractivity contribution < 1.29 is 17.5 Å². The molecule has 0 aromatic heterocycles. The second-order valence-electron chi connectivity index (χ2n) is 4.69. The topological polar surface area (TPSA) is 55.4 Å². The normalized spacial score (nSPS) is 13.6. The summed E-state index contributed by atoms with van der Waals surface area (Å²) in [5, 5.41) is 0. The molecular formula is C13H20FNO3S. The van der Waals surface area contributed by atoms with E-state index in [1.807, 2.05) is 6.92 Å². The zero-order valence-electron chi connectivity index (χ0n) is 11.6. The van der Waals surface area contributed by atoms with Crippen LogP contribution in [0.4, 0.5) is 4.39 Å². The van der Waals surface area contributed by atoms with E-state index in [2.05, 4.69) is 4.72 Å². The Bertz CT molecular complexity index is 529. The van der Waals surface area contributed by atoms with Crippen LogP contribution in [0.3, 0.4) is 0 Å². The lowest BCUT2D eigenvalue weighted by Crippen LogP contribution is -2.32. The lowest BCUT2D eigenvalue weighted by molar-refractivity contribution is 0.231. The Morgan fingerprint density at radius 1 is 1.32 bits per heavy atom. The summed E-state index contributed by atoms with van der Waals surface area (Å²) in [7, 11) is -3.68. The Balaban J connectivity index is 3.00. The smallest absolute Gasteiger partial charge is 0.240 e. The number of hydrogen-bond donors (Lipinski definition) is 1. The average molecular weight is 289 g/mol. The number of benzene rings is 1. The van der Waals surface area contributed by atoms with Crippen LogP contribution in [0.2, 0.25) is 0 Å². The molecule has 6 heteroatoms. The Kier molecular flexibility index (Phi) is 5.31. The van der Waals surface area contributed by atoms with Crippen LogP contribution in [0.15, 0.2) is 23.1 Å². The van der Waals surface area contributed by atoms with E-state index in [0.29, 0.717) is 6.42 Å². The van der Waals surface area contributed by atoms with Crippen LogP contribution < -0.4 is 9.46 Å². The van der Waals surface area contributed by atoms with Gasteiger partial charge in [0.15, 0.2) is 11.6 Å². The maximum absolute atomic E-state index is 13.7. The van der Waals surface area contributed by atoms with Crippen molar-refractivity contribution in [1.29, 1.82) is 0 Å². The minimum absolute atomic E-state index is 0.0532. The predicted molar refractivity (Wildman–Crippen MR) is 72.2 cm³/mol. The van der Waals surface area contributed by atoms with Crippen molar-refractivity contribution >= 4 is 10.0 Å². The van der Waals surface area contributed by atoms with Crippen LogP contribution in [0.5, 0.6) is 5.75 Å². The molecule has 108 valence electrons. The summed E-state index contributed by atoms with van der Waals surface area (Å²) in [6.07, 6.45) is 0.492. The molecule has 0 bridgehead atoms. The van der Waals surface area contributed by atoms with Crippen LogP contribution in [-0.4, -0.2) is 20.6 Å². The van der Waals surface area contributed by atoms with Crippen molar-refractivity contribution in [3.05, 3.63) is 24.0 Å². The van der Waals surface area contributed by atoms with Gasteiger partial charge in [0.2, 0.25) is 10.0 Å². The molecule has 0 aliphatic heterocycles. The third kappa shape index (κ3) is 4.47. The SMILES string of the molecule is CCC(C)NS(=O)(=O)c1ccc(OC(C)C)c(F)c1. The van der Waals surface area contributed by atoms with E-state index in [0.717, 1.165) is 6.07 Å². The predicted octanol–water partition coefficient (Wildman–Crippen LogP) is 2.69. The first-order valence-electron chi connectivity index (χ1n) is 6.24. The molecule has 1 unspecified atom stereocenters. The number of ether oxygens (including phenoxy) is 1. The molecule has 0 aliphatic rings. The minimum Gasteiger partial charge on any atom is -0.488 e. The highest BCUT2D eigenvalue weighted by Crippen LogP contribution is 2.22. The van der Waals surface area contributed by atoms with Gasteiger partial charge in [-0.2, -0.15) is 0 Å². The highest BCUT2D eigenvalue weighted by Gasteiger charge is 2.18. The van der Waals surface area contributed by atoms with Crippen LogP contribution in [0.1, 0.15) is 34.1 Å². The standard InChI is InChI=1S/C13H20FNO3S/c1-5-10(4)15-19(16,17)11-6-7-13(12(14)8-11)18-9(2)3/h6-10,15H,5H2,1-4H3. The molecule has 1 N–H and O–H groups in total. The summed E-state index contributed by atoms with van der Waals surface area (Å²) in [5.74, 6) is -0.627. The maximum atomic E-state index is 13.7. The third-order valence-electron chi connectivity index (χ3n) is 2.55. The fourth-order valence-corrected chi connectivity index (χ4v) is 2.75. The molecule has 0 amide bonds. The van der Waals surface area contributed by atoms with E-state index >= 15 is 0 Å². The van der Waals surface area contributed by atoms with Crippen molar-refractivity contribution in [3.63, 3.8) is 0 Å². The summed E-state index contributed by atoms with van der Waals surface area (Å²) in [6, 6.07) is 3.45. The summed E-state index contributed by atoms with van der Waals surface area (Å²) < 4.78 is 45.4. The van der Waals surface area contributed by atoms with E-state index in [1.54, 1.807) is 20.8 Å². The first kappa shape index (κ1) is 15.9. The molecule has 1 atom stereocenters. The van der Waals surface area contributed by atoms with Gasteiger partial charge in [0.1, 0.15) is 0 Å². The maximum Gasteiger partial charge on any atom is 0.240 e. The monoisotopic (exact) mass is 289 g/mol. The fourth-order valence-electron chi connectivity index (χ4n) is 1.41. The number of nitrogens with one attached hydrogen (secondary N) is 1. The van der Waals surface area contributed by atoms with Crippen molar-refractivity contribution in [3.8, 4) is 5.75 Å². The van der Waals surface area contributed by atoms with Gasteiger partial charge >= 0.3 is 0 Å². The van der Waals surface area contributed by atoms with Gasteiger partial charge in [0.05, 0.1) is 11.0 Å². The van der Waals surface area contributed by atoms with E-state index in [-0.39, 0.29) is 22.8 Å². The summed E-state index contributed by atoms with van der Waals surface area (Å²) in [6.45, 7) is 7.17. The number of rotatable bonds is 6. The van der Waals surface area contributed by atoms with Crippen molar-refractivity contribution in [2.24, 2.45) is 0 Å². The first-order chi connectivity index (χ1) is 8.76. The second kappa shape index (κ2) is 6.34. The molecule has 1 rings (SSSR count). The largest absolute Gasteiger partial charge is 0.488 e. The van der Waals surface area contributed by atoms with Gasteiger partial charge in [0, 0.05) is 6.04 Å².